The van der Waals surface area contributed by atoms with Gasteiger partial charge in [0.05, 0.1) is 17.6 Å². The zero-order chi connectivity index (χ0) is 25.3. The van der Waals surface area contributed by atoms with E-state index < -0.39 is 38.8 Å². The zero-order valence-electron chi connectivity index (χ0n) is 19.3. The van der Waals surface area contributed by atoms with Crippen molar-refractivity contribution in [3.8, 4) is 0 Å². The average molecular weight is 506 g/mol. The molecule has 190 valence electrons. The van der Waals surface area contributed by atoms with E-state index in [9.17, 15) is 31.2 Å². The molecule has 12 heteroatoms. The summed E-state index contributed by atoms with van der Waals surface area (Å²) in [6, 6.07) is 2.62. The third-order valence-corrected chi connectivity index (χ3v) is 8.73. The van der Waals surface area contributed by atoms with E-state index in [0.717, 1.165) is 18.2 Å². The van der Waals surface area contributed by atoms with Gasteiger partial charge in [0.25, 0.3) is 0 Å². The van der Waals surface area contributed by atoms with E-state index in [1.54, 1.807) is 0 Å². The van der Waals surface area contributed by atoms with Gasteiger partial charge in [-0.2, -0.15) is 17.5 Å². The number of nitrogens with zero attached hydrogens (tertiary/aromatic N) is 1. The van der Waals surface area contributed by atoms with Crippen LogP contribution in [0.2, 0.25) is 0 Å². The molecule has 0 aromatic heterocycles. The quantitative estimate of drug-likeness (QED) is 0.593. The van der Waals surface area contributed by atoms with E-state index in [1.165, 1.54) is 11.4 Å². The number of rotatable bonds is 7. The lowest BCUT2D eigenvalue weighted by molar-refractivity contribution is -0.137. The number of halogens is 3. The van der Waals surface area contributed by atoms with Crippen molar-refractivity contribution in [2.45, 2.75) is 56.3 Å². The molecule has 8 nitrogen and oxygen atoms in total. The Balaban J connectivity index is 1.72. The number of hydrogen-bond acceptors (Lipinski definition) is 5. The van der Waals surface area contributed by atoms with Gasteiger partial charge in [-0.05, 0) is 48.8 Å². The van der Waals surface area contributed by atoms with E-state index in [-0.39, 0.29) is 42.8 Å². The number of nitrogens with one attached hydrogen (secondary N) is 2. The molecule has 3 rings (SSSR count). The lowest BCUT2D eigenvalue weighted by Gasteiger charge is -2.27. The minimum absolute atomic E-state index is 0.0125. The minimum atomic E-state index is -4.65. The van der Waals surface area contributed by atoms with Gasteiger partial charge in [-0.3, -0.25) is 4.79 Å². The largest absolute Gasteiger partial charge is 0.453 e. The summed E-state index contributed by atoms with van der Waals surface area (Å²) in [6.07, 6.45) is -3.38. The van der Waals surface area contributed by atoms with Crippen LogP contribution in [0.1, 0.15) is 38.7 Å². The summed E-state index contributed by atoms with van der Waals surface area (Å²) in [5.41, 5.74) is -1.02. The molecule has 1 saturated heterocycles. The van der Waals surface area contributed by atoms with Gasteiger partial charge in [0.15, 0.2) is 0 Å². The van der Waals surface area contributed by atoms with Crippen molar-refractivity contribution in [2.75, 3.05) is 20.2 Å². The predicted octanol–water partition coefficient (Wildman–Crippen LogP) is 2.99. The minimum Gasteiger partial charge on any atom is -0.453 e. The molecule has 2 amide bonds. The monoisotopic (exact) mass is 505 g/mol. The van der Waals surface area contributed by atoms with E-state index in [2.05, 4.69) is 15.4 Å². The normalized spacial score (nSPS) is 24.8. The van der Waals surface area contributed by atoms with Gasteiger partial charge < -0.3 is 15.4 Å². The number of alkyl carbamates (subject to hydrolysis) is 1. The molecule has 1 heterocycles. The molecule has 34 heavy (non-hydrogen) atoms. The van der Waals surface area contributed by atoms with Crippen molar-refractivity contribution in [1.29, 1.82) is 0 Å². The van der Waals surface area contributed by atoms with Crippen LogP contribution in [0.5, 0.6) is 0 Å². The fourth-order valence-electron chi connectivity index (χ4n) is 4.74. The molecule has 2 aliphatic rings. The number of alkyl halides is 3. The van der Waals surface area contributed by atoms with Crippen molar-refractivity contribution in [2.24, 2.45) is 17.8 Å². The summed E-state index contributed by atoms with van der Waals surface area (Å²) in [4.78, 5) is 24.2. The molecule has 1 aliphatic carbocycles. The highest BCUT2D eigenvalue weighted by molar-refractivity contribution is 7.89. The van der Waals surface area contributed by atoms with Crippen molar-refractivity contribution in [3.05, 3.63) is 29.8 Å². The summed E-state index contributed by atoms with van der Waals surface area (Å²) >= 11 is 0. The Morgan fingerprint density at radius 1 is 1.24 bits per heavy atom. The molecule has 0 radical (unpaired) electrons. The van der Waals surface area contributed by atoms with Crippen molar-refractivity contribution in [3.63, 3.8) is 0 Å². The third kappa shape index (κ3) is 5.48. The molecule has 1 aromatic rings. The molecular formula is C22H30F3N3O5S. The maximum atomic E-state index is 13.1. The molecule has 5 atom stereocenters. The number of carbonyl (C=O) groups is 2. The number of ether oxygens (including phenoxy) is 1. The first-order valence-electron chi connectivity index (χ1n) is 11.2. The molecule has 0 bridgehead atoms. The Labute approximate surface area is 197 Å². The van der Waals surface area contributed by atoms with Crippen molar-refractivity contribution >= 4 is 22.0 Å². The maximum Gasteiger partial charge on any atom is 0.416 e. The van der Waals surface area contributed by atoms with Crippen LogP contribution in [0.15, 0.2) is 29.2 Å². The summed E-state index contributed by atoms with van der Waals surface area (Å²) in [5, 5.41) is 5.51. The van der Waals surface area contributed by atoms with Crippen LogP contribution in [0, 0.1) is 17.8 Å². The Kier molecular flexibility index (Phi) is 7.81. The Morgan fingerprint density at radius 2 is 1.94 bits per heavy atom. The van der Waals surface area contributed by atoms with E-state index >= 15 is 0 Å². The highest BCUT2D eigenvalue weighted by atomic mass is 32.2. The Bertz CT molecular complexity index is 1020. The SMILES string of the molecule is CC[C@H](C)[C@H](NC(=O)OC)C(=O)N[C@@H]1CC[C@H]2CN(S(=O)(=O)c3cccc(C(F)(F)F)c3)C[C@H]21. The van der Waals surface area contributed by atoms with Gasteiger partial charge >= 0.3 is 12.3 Å². The van der Waals surface area contributed by atoms with E-state index in [0.29, 0.717) is 25.3 Å². The van der Waals surface area contributed by atoms with Gasteiger partial charge in [0.1, 0.15) is 6.04 Å². The van der Waals surface area contributed by atoms with Gasteiger partial charge in [0, 0.05) is 19.1 Å². The second kappa shape index (κ2) is 10.1. The Morgan fingerprint density at radius 3 is 2.56 bits per heavy atom. The van der Waals surface area contributed by atoms with Gasteiger partial charge in [-0.25, -0.2) is 13.2 Å². The van der Waals surface area contributed by atoms with Crippen molar-refractivity contribution in [1.82, 2.24) is 14.9 Å². The molecular weight excluding hydrogens is 475 g/mol. The lowest BCUT2D eigenvalue weighted by Crippen LogP contribution is -2.53. The molecule has 0 spiro atoms. The maximum absolute atomic E-state index is 13.1. The van der Waals surface area contributed by atoms with Gasteiger partial charge in [-0.1, -0.05) is 26.3 Å². The van der Waals surface area contributed by atoms with E-state index in [1.807, 2.05) is 13.8 Å². The van der Waals surface area contributed by atoms with E-state index in [4.69, 9.17) is 0 Å². The van der Waals surface area contributed by atoms with Crippen LogP contribution in [0.4, 0.5) is 18.0 Å². The summed E-state index contributed by atoms with van der Waals surface area (Å²) in [5.74, 6) is -0.705. The standard InChI is InChI=1S/C22H30F3N3O5S/c1-4-13(2)19(27-21(30)33-3)20(29)26-18-9-8-14-11-28(12-17(14)18)34(31,32)16-7-5-6-15(10-16)22(23,24)25/h5-7,10,13-14,17-19H,4,8-9,11-12H2,1-3H3,(H,26,29)(H,27,30)/t13-,14-,17+,18+,19-/m0/s1. The van der Waals surface area contributed by atoms with Crippen LogP contribution in [0.3, 0.4) is 0 Å². The molecule has 1 aliphatic heterocycles. The van der Waals surface area contributed by atoms with Gasteiger partial charge in [-0.15, -0.1) is 0 Å². The number of benzene rings is 1. The van der Waals surface area contributed by atoms with Crippen LogP contribution in [-0.2, 0) is 25.7 Å². The number of methoxy groups -OCH3 is 1. The van der Waals surface area contributed by atoms with Gasteiger partial charge in [0.2, 0.25) is 15.9 Å². The topological polar surface area (TPSA) is 105 Å². The summed E-state index contributed by atoms with van der Waals surface area (Å²) in [7, 11) is -2.91. The second-order valence-electron chi connectivity index (χ2n) is 8.96. The molecule has 2 fully saturated rings. The third-order valence-electron chi connectivity index (χ3n) is 6.90. The second-order valence-corrected chi connectivity index (χ2v) is 10.9. The van der Waals surface area contributed by atoms with Crippen LogP contribution in [0.25, 0.3) is 0 Å². The molecule has 2 N–H and O–H groups in total. The average Bonchev–Trinajstić information content (AvgIpc) is 3.38. The lowest BCUT2D eigenvalue weighted by atomic mass is 9.95. The highest BCUT2D eigenvalue weighted by Crippen LogP contribution is 2.41. The molecule has 1 aromatic carbocycles. The number of fused-ring (bicyclic) bond motifs is 1. The van der Waals surface area contributed by atoms with Crippen LogP contribution < -0.4 is 10.6 Å². The number of carbonyl (C=O) groups excluding carboxylic acids is 2. The number of hydrogen-bond donors (Lipinski definition) is 2. The smallest absolute Gasteiger partial charge is 0.416 e. The fourth-order valence-corrected chi connectivity index (χ4v) is 6.32. The molecule has 1 saturated carbocycles. The van der Waals surface area contributed by atoms with Crippen molar-refractivity contribution < 1.29 is 35.9 Å². The summed E-state index contributed by atoms with van der Waals surface area (Å²) < 4.78 is 71.1. The van der Waals surface area contributed by atoms with Crippen LogP contribution in [-0.4, -0.2) is 57.0 Å². The number of sulfonamides is 1. The fraction of sp³-hybridized carbons (Fsp3) is 0.636. The first kappa shape index (κ1) is 26.3. The molecule has 0 unspecified atom stereocenters. The first-order chi connectivity index (χ1) is 15.9. The zero-order valence-corrected chi connectivity index (χ0v) is 20.1. The Hall–Kier alpha value is -2.34. The number of amides is 2. The highest BCUT2D eigenvalue weighted by Gasteiger charge is 2.47. The first-order valence-corrected chi connectivity index (χ1v) is 12.6. The predicted molar refractivity (Wildman–Crippen MR) is 117 cm³/mol. The summed E-state index contributed by atoms with van der Waals surface area (Å²) in [6.45, 7) is 4.01. The van der Waals surface area contributed by atoms with Crippen LogP contribution >= 0.6 is 0 Å².